The van der Waals surface area contributed by atoms with Crippen molar-refractivity contribution < 1.29 is 9.53 Å². The number of hydrogen-bond donors (Lipinski definition) is 1. The smallest absolute Gasteiger partial charge is 0.338 e. The van der Waals surface area contributed by atoms with Gasteiger partial charge in [-0.15, -0.1) is 11.3 Å². The number of esters is 1. The van der Waals surface area contributed by atoms with E-state index >= 15 is 0 Å². The van der Waals surface area contributed by atoms with E-state index in [2.05, 4.69) is 15.4 Å². The molecule has 0 saturated carbocycles. The average Bonchev–Trinajstić information content (AvgIpc) is 3.04. The monoisotopic (exact) mass is 290 g/mol. The highest BCUT2D eigenvalue weighted by atomic mass is 32.1. The van der Waals surface area contributed by atoms with E-state index in [-0.39, 0.29) is 12.0 Å². The van der Waals surface area contributed by atoms with Crippen LogP contribution in [0.3, 0.4) is 0 Å². The Labute approximate surface area is 120 Å². The van der Waals surface area contributed by atoms with Crippen LogP contribution in [0.2, 0.25) is 0 Å². The summed E-state index contributed by atoms with van der Waals surface area (Å²) in [7, 11) is 1.38. The molecule has 3 rings (SSSR count). The van der Waals surface area contributed by atoms with Crippen molar-refractivity contribution >= 4 is 23.1 Å². The number of ether oxygens (including phenoxy) is 1. The van der Waals surface area contributed by atoms with E-state index in [9.17, 15) is 4.79 Å². The zero-order valence-electron chi connectivity index (χ0n) is 11.4. The van der Waals surface area contributed by atoms with Crippen molar-refractivity contribution in [3.8, 4) is 0 Å². The van der Waals surface area contributed by atoms with Crippen LogP contribution in [0, 0.1) is 6.92 Å². The lowest BCUT2D eigenvalue weighted by atomic mass is 10.0. The first-order valence-corrected chi connectivity index (χ1v) is 7.01. The molecule has 0 aromatic carbocycles. The Kier molecular flexibility index (Phi) is 3.06. The van der Waals surface area contributed by atoms with Crippen molar-refractivity contribution in [3.05, 3.63) is 39.6 Å². The molecule has 104 valence electrons. The Bertz CT molecular complexity index is 701. The predicted octanol–water partition coefficient (Wildman–Crippen LogP) is 2.11. The first-order valence-electron chi connectivity index (χ1n) is 6.13. The molecule has 1 unspecified atom stereocenters. The van der Waals surface area contributed by atoms with Crippen LogP contribution in [0.15, 0.2) is 28.9 Å². The molecule has 1 aliphatic rings. The number of fused-ring (bicyclic) bond motifs is 1. The predicted molar refractivity (Wildman–Crippen MR) is 75.6 cm³/mol. The highest BCUT2D eigenvalue weighted by Crippen LogP contribution is 2.36. The highest BCUT2D eigenvalue weighted by molar-refractivity contribution is 7.09. The standard InChI is InChI=1S/C13H14N4O2S/c1-7-6-20-12(15-7)11-10(13(18)19-3)8(2)16-9-4-5-14-17(9)11/h4-6,11,16H,1-3H3. The van der Waals surface area contributed by atoms with E-state index in [0.29, 0.717) is 5.57 Å². The highest BCUT2D eigenvalue weighted by Gasteiger charge is 2.34. The van der Waals surface area contributed by atoms with Gasteiger partial charge in [0.1, 0.15) is 16.9 Å². The zero-order chi connectivity index (χ0) is 14.3. The Balaban J connectivity index is 2.18. The van der Waals surface area contributed by atoms with Crippen molar-refractivity contribution in [1.29, 1.82) is 0 Å². The lowest BCUT2D eigenvalue weighted by molar-refractivity contribution is -0.136. The normalized spacial score (nSPS) is 17.6. The number of aromatic nitrogens is 3. The van der Waals surface area contributed by atoms with Crippen molar-refractivity contribution in [3.63, 3.8) is 0 Å². The van der Waals surface area contributed by atoms with Gasteiger partial charge in [-0.1, -0.05) is 0 Å². The number of anilines is 1. The van der Waals surface area contributed by atoms with Crippen LogP contribution < -0.4 is 5.32 Å². The van der Waals surface area contributed by atoms with Gasteiger partial charge in [0.05, 0.1) is 18.9 Å². The third-order valence-corrected chi connectivity index (χ3v) is 4.20. The summed E-state index contributed by atoms with van der Waals surface area (Å²) in [6, 6.07) is 1.53. The molecule has 0 spiro atoms. The van der Waals surface area contributed by atoms with E-state index in [1.54, 1.807) is 10.9 Å². The SMILES string of the molecule is COC(=O)C1=C(C)Nc2ccnn2C1c1nc(C)cs1. The quantitative estimate of drug-likeness (QED) is 0.858. The molecule has 0 bridgehead atoms. The second-order valence-corrected chi connectivity index (χ2v) is 5.44. The molecule has 2 aromatic rings. The summed E-state index contributed by atoms with van der Waals surface area (Å²) in [5.74, 6) is 0.474. The fourth-order valence-electron chi connectivity index (χ4n) is 2.31. The van der Waals surface area contributed by atoms with Gasteiger partial charge in [0.15, 0.2) is 0 Å². The molecule has 1 N–H and O–H groups in total. The van der Waals surface area contributed by atoms with E-state index in [1.807, 2.05) is 25.3 Å². The van der Waals surface area contributed by atoms with Crippen LogP contribution in [-0.2, 0) is 9.53 Å². The Morgan fingerprint density at radius 2 is 2.30 bits per heavy atom. The molecule has 0 amide bonds. The fraction of sp³-hybridized carbons (Fsp3) is 0.308. The van der Waals surface area contributed by atoms with Crippen LogP contribution in [0.4, 0.5) is 5.82 Å². The van der Waals surface area contributed by atoms with E-state index < -0.39 is 0 Å². The molecule has 1 aliphatic heterocycles. The van der Waals surface area contributed by atoms with E-state index in [0.717, 1.165) is 22.2 Å². The molecule has 20 heavy (non-hydrogen) atoms. The third-order valence-electron chi connectivity index (χ3n) is 3.18. The van der Waals surface area contributed by atoms with Gasteiger partial charge in [-0.05, 0) is 13.8 Å². The summed E-state index contributed by atoms with van der Waals surface area (Å²) in [5, 5.41) is 10.3. The maximum atomic E-state index is 12.1. The maximum absolute atomic E-state index is 12.1. The second-order valence-electron chi connectivity index (χ2n) is 4.55. The molecule has 0 saturated heterocycles. The Hall–Kier alpha value is -2.15. The number of carbonyl (C=O) groups excluding carboxylic acids is 1. The fourth-order valence-corrected chi connectivity index (χ4v) is 3.19. The molecule has 0 radical (unpaired) electrons. The Morgan fingerprint density at radius 3 is 2.95 bits per heavy atom. The second kappa shape index (κ2) is 4.75. The number of carbonyl (C=O) groups is 1. The van der Waals surface area contributed by atoms with Gasteiger partial charge in [0.2, 0.25) is 0 Å². The summed E-state index contributed by atoms with van der Waals surface area (Å²) in [6.07, 6.45) is 1.70. The summed E-state index contributed by atoms with van der Waals surface area (Å²) in [4.78, 5) is 16.6. The summed E-state index contributed by atoms with van der Waals surface area (Å²) >= 11 is 1.52. The van der Waals surface area contributed by atoms with E-state index in [4.69, 9.17) is 4.74 Å². The van der Waals surface area contributed by atoms with Crippen LogP contribution in [0.5, 0.6) is 0 Å². The number of methoxy groups -OCH3 is 1. The maximum Gasteiger partial charge on any atom is 0.338 e. The molecule has 0 aliphatic carbocycles. The molecular weight excluding hydrogens is 276 g/mol. The average molecular weight is 290 g/mol. The van der Waals surface area contributed by atoms with Crippen molar-refractivity contribution in [2.45, 2.75) is 19.9 Å². The molecule has 7 heteroatoms. The first kappa shape index (κ1) is 12.9. The van der Waals surface area contributed by atoms with E-state index in [1.165, 1.54) is 18.4 Å². The molecule has 1 atom stereocenters. The molecular formula is C13H14N4O2S. The van der Waals surface area contributed by atoms with Gasteiger partial charge in [0.25, 0.3) is 0 Å². The summed E-state index contributed by atoms with van der Waals surface area (Å²) in [5.41, 5.74) is 2.24. The minimum Gasteiger partial charge on any atom is -0.466 e. The Morgan fingerprint density at radius 1 is 1.50 bits per heavy atom. The van der Waals surface area contributed by atoms with Gasteiger partial charge in [-0.25, -0.2) is 14.5 Å². The van der Waals surface area contributed by atoms with Crippen LogP contribution >= 0.6 is 11.3 Å². The number of hydrogen-bond acceptors (Lipinski definition) is 6. The minimum absolute atomic E-state index is 0.340. The molecule has 2 aromatic heterocycles. The van der Waals surface area contributed by atoms with Crippen LogP contribution in [-0.4, -0.2) is 27.8 Å². The molecule has 6 nitrogen and oxygen atoms in total. The number of nitrogens with zero attached hydrogens (tertiary/aromatic N) is 3. The van der Waals surface area contributed by atoms with Gasteiger partial charge < -0.3 is 10.1 Å². The van der Waals surface area contributed by atoms with Gasteiger partial charge in [-0.3, -0.25) is 0 Å². The lowest BCUT2D eigenvalue weighted by Gasteiger charge is -2.27. The first-order chi connectivity index (χ1) is 9.61. The van der Waals surface area contributed by atoms with Gasteiger partial charge in [-0.2, -0.15) is 5.10 Å². The largest absolute Gasteiger partial charge is 0.466 e. The van der Waals surface area contributed by atoms with Crippen LogP contribution in [0.1, 0.15) is 23.7 Å². The zero-order valence-corrected chi connectivity index (χ0v) is 12.2. The third kappa shape index (κ3) is 1.90. The lowest BCUT2D eigenvalue weighted by Crippen LogP contribution is -2.28. The van der Waals surface area contributed by atoms with Crippen molar-refractivity contribution in [2.24, 2.45) is 0 Å². The molecule has 3 heterocycles. The van der Waals surface area contributed by atoms with Crippen molar-refractivity contribution in [2.75, 3.05) is 12.4 Å². The summed E-state index contributed by atoms with van der Waals surface area (Å²) < 4.78 is 6.67. The topological polar surface area (TPSA) is 69.0 Å². The number of nitrogens with one attached hydrogen (secondary N) is 1. The van der Waals surface area contributed by atoms with Gasteiger partial charge in [0, 0.05) is 22.8 Å². The molecule has 0 fully saturated rings. The summed E-state index contributed by atoms with van der Waals surface area (Å²) in [6.45, 7) is 3.79. The number of aryl methyl sites for hydroxylation is 1. The van der Waals surface area contributed by atoms with Gasteiger partial charge >= 0.3 is 5.97 Å². The number of thiazole rings is 1. The minimum atomic E-state index is -0.367. The van der Waals surface area contributed by atoms with Crippen molar-refractivity contribution in [1.82, 2.24) is 14.8 Å². The number of allylic oxidation sites excluding steroid dienone is 1. The van der Waals surface area contributed by atoms with Crippen LogP contribution in [0.25, 0.3) is 0 Å². The number of rotatable bonds is 2.